The summed E-state index contributed by atoms with van der Waals surface area (Å²) in [4.78, 5) is 21.2. The lowest BCUT2D eigenvalue weighted by molar-refractivity contribution is -0.258. The van der Waals surface area contributed by atoms with Crippen molar-refractivity contribution in [3.63, 3.8) is 0 Å². The van der Waals surface area contributed by atoms with E-state index in [1.807, 2.05) is 0 Å². The van der Waals surface area contributed by atoms with Crippen molar-refractivity contribution in [2.75, 3.05) is 19.8 Å². The highest BCUT2D eigenvalue weighted by Crippen LogP contribution is 2.26. The molecule has 2 aliphatic heterocycles. The molecule has 114 valence electrons. The normalized spacial score (nSPS) is 42.1. The molecule has 0 aromatic rings. The predicted molar refractivity (Wildman–Crippen MR) is 65.8 cm³/mol. The molecule has 6 atom stereocenters. The first-order valence-corrected chi connectivity index (χ1v) is 6.50. The monoisotopic (exact) mass is 290 g/mol. The van der Waals surface area contributed by atoms with Crippen LogP contribution in [0.25, 0.3) is 0 Å². The van der Waals surface area contributed by atoms with E-state index in [0.717, 1.165) is 0 Å². The lowest BCUT2D eigenvalue weighted by Gasteiger charge is -2.37. The molecule has 20 heavy (non-hydrogen) atoms. The topological polar surface area (TPSA) is 127 Å². The van der Waals surface area contributed by atoms with Gasteiger partial charge in [-0.25, -0.2) is 0 Å². The van der Waals surface area contributed by atoms with Gasteiger partial charge < -0.3 is 24.4 Å². The molecule has 9 heteroatoms. The zero-order valence-electron chi connectivity index (χ0n) is 10.8. The van der Waals surface area contributed by atoms with Crippen molar-refractivity contribution < 1.29 is 24.4 Å². The van der Waals surface area contributed by atoms with Crippen LogP contribution in [-0.4, -0.2) is 66.7 Å². The summed E-state index contributed by atoms with van der Waals surface area (Å²) in [6, 6.07) is -1.35. The Balaban J connectivity index is 1.91. The van der Waals surface area contributed by atoms with Crippen LogP contribution in [-0.2, 0) is 14.2 Å². The number of nitroso groups, excluding NO2 is 2. The average molecular weight is 290 g/mol. The third-order valence-corrected chi connectivity index (χ3v) is 3.49. The maximum Gasteiger partial charge on any atom is 0.160 e. The maximum absolute atomic E-state index is 10.7. The van der Waals surface area contributed by atoms with Crippen molar-refractivity contribution in [1.82, 2.24) is 0 Å². The fourth-order valence-electron chi connectivity index (χ4n) is 2.42. The van der Waals surface area contributed by atoms with Gasteiger partial charge in [0.25, 0.3) is 0 Å². The summed E-state index contributed by atoms with van der Waals surface area (Å²) in [6.45, 7) is 0.134. The Kier molecular flexibility index (Phi) is 5.49. The molecule has 0 bridgehead atoms. The lowest BCUT2D eigenvalue weighted by Crippen LogP contribution is -2.51. The number of aliphatic hydroxyl groups is 2. The number of ether oxygens (including phenoxy) is 3. The highest BCUT2D eigenvalue weighted by molar-refractivity contribution is 4.88. The fourth-order valence-corrected chi connectivity index (χ4v) is 2.42. The first-order chi connectivity index (χ1) is 9.67. The molecular weight excluding hydrogens is 272 g/mol. The number of rotatable bonds is 5. The third kappa shape index (κ3) is 3.55. The summed E-state index contributed by atoms with van der Waals surface area (Å²) < 4.78 is 16.2. The molecule has 0 unspecified atom stereocenters. The van der Waals surface area contributed by atoms with Crippen LogP contribution in [0.3, 0.4) is 0 Å². The summed E-state index contributed by atoms with van der Waals surface area (Å²) in [5.74, 6) is 0. The van der Waals surface area contributed by atoms with E-state index in [1.54, 1.807) is 0 Å². The largest absolute Gasteiger partial charge is 0.394 e. The Morgan fingerprint density at radius 1 is 1.20 bits per heavy atom. The highest BCUT2D eigenvalue weighted by Gasteiger charge is 2.40. The van der Waals surface area contributed by atoms with Gasteiger partial charge in [-0.05, 0) is 0 Å². The van der Waals surface area contributed by atoms with E-state index in [2.05, 4.69) is 10.4 Å². The summed E-state index contributed by atoms with van der Waals surface area (Å²) >= 11 is 0. The van der Waals surface area contributed by atoms with Crippen LogP contribution in [0.5, 0.6) is 0 Å². The Morgan fingerprint density at radius 3 is 2.65 bits per heavy atom. The molecule has 2 fully saturated rings. The molecular formula is C11H18N2O7. The van der Waals surface area contributed by atoms with Gasteiger partial charge in [-0.3, -0.25) is 0 Å². The Bertz CT molecular complexity index is 343. The van der Waals surface area contributed by atoms with Gasteiger partial charge in [0.2, 0.25) is 0 Å². The third-order valence-electron chi connectivity index (χ3n) is 3.49. The van der Waals surface area contributed by atoms with Gasteiger partial charge >= 0.3 is 0 Å². The zero-order valence-corrected chi connectivity index (χ0v) is 10.8. The standard InChI is InChI=1S/C11H18N2O7/c14-3-9-11(15)8(13-17)2-10(20-9)19-7-1-6(12-16)4-18-5-7/h6-11,14-15H,1-5H2/t6-,7+,8-,9-,10-,11+/m0/s1. The molecule has 0 amide bonds. The first kappa shape index (κ1) is 15.4. The van der Waals surface area contributed by atoms with Crippen molar-refractivity contribution >= 4 is 0 Å². The molecule has 0 aromatic heterocycles. The summed E-state index contributed by atoms with van der Waals surface area (Å²) in [5, 5.41) is 24.6. The van der Waals surface area contributed by atoms with Crippen LogP contribution < -0.4 is 0 Å². The molecule has 2 heterocycles. The molecule has 2 aliphatic rings. The molecule has 0 radical (unpaired) electrons. The Morgan fingerprint density at radius 2 is 2.00 bits per heavy atom. The average Bonchev–Trinajstić information content (AvgIpc) is 2.49. The van der Waals surface area contributed by atoms with E-state index in [0.29, 0.717) is 13.0 Å². The molecule has 2 saturated heterocycles. The van der Waals surface area contributed by atoms with Gasteiger partial charge in [-0.2, -0.15) is 9.81 Å². The van der Waals surface area contributed by atoms with Gasteiger partial charge in [0.05, 0.1) is 25.9 Å². The molecule has 0 saturated carbocycles. The molecule has 0 aromatic carbocycles. The SMILES string of the molecule is O=N[C@@H]1COC[C@H](O[C@@H]2C[C@H](N=O)[C@@H](O)[C@H](CO)O2)C1. The van der Waals surface area contributed by atoms with E-state index >= 15 is 0 Å². The second-order valence-electron chi connectivity index (χ2n) is 4.98. The van der Waals surface area contributed by atoms with Crippen LogP contribution in [0, 0.1) is 9.81 Å². The van der Waals surface area contributed by atoms with Gasteiger partial charge in [0.1, 0.15) is 24.3 Å². The zero-order chi connectivity index (χ0) is 14.5. The van der Waals surface area contributed by atoms with E-state index < -0.39 is 37.2 Å². The summed E-state index contributed by atoms with van der Waals surface area (Å²) in [7, 11) is 0. The van der Waals surface area contributed by atoms with E-state index in [1.165, 1.54) is 0 Å². The van der Waals surface area contributed by atoms with Crippen molar-refractivity contribution in [3.8, 4) is 0 Å². The number of hydrogen-bond acceptors (Lipinski definition) is 9. The van der Waals surface area contributed by atoms with Crippen molar-refractivity contribution in [1.29, 1.82) is 0 Å². The van der Waals surface area contributed by atoms with Gasteiger partial charge in [0.15, 0.2) is 6.29 Å². The Hall–Kier alpha value is -1.00. The van der Waals surface area contributed by atoms with Gasteiger partial charge in [-0.15, -0.1) is 0 Å². The minimum absolute atomic E-state index is 0.0941. The minimum atomic E-state index is -1.15. The lowest BCUT2D eigenvalue weighted by atomic mass is 10.00. The van der Waals surface area contributed by atoms with Crippen LogP contribution in [0.2, 0.25) is 0 Å². The van der Waals surface area contributed by atoms with Crippen LogP contribution >= 0.6 is 0 Å². The van der Waals surface area contributed by atoms with Crippen molar-refractivity contribution in [2.45, 2.75) is 49.5 Å². The minimum Gasteiger partial charge on any atom is -0.394 e. The van der Waals surface area contributed by atoms with Crippen molar-refractivity contribution in [3.05, 3.63) is 9.81 Å². The van der Waals surface area contributed by atoms with Crippen LogP contribution in [0.1, 0.15) is 12.8 Å². The highest BCUT2D eigenvalue weighted by atomic mass is 16.7. The maximum atomic E-state index is 10.7. The van der Waals surface area contributed by atoms with E-state index in [4.69, 9.17) is 19.3 Å². The van der Waals surface area contributed by atoms with Crippen LogP contribution in [0.15, 0.2) is 10.4 Å². The number of aliphatic hydroxyl groups excluding tert-OH is 2. The van der Waals surface area contributed by atoms with Crippen LogP contribution in [0.4, 0.5) is 0 Å². The second kappa shape index (κ2) is 7.14. The number of nitrogens with zero attached hydrogens (tertiary/aromatic N) is 2. The fraction of sp³-hybridized carbons (Fsp3) is 1.00. The van der Waals surface area contributed by atoms with Crippen molar-refractivity contribution in [2.24, 2.45) is 10.4 Å². The predicted octanol–water partition coefficient (Wildman–Crippen LogP) is -0.470. The van der Waals surface area contributed by atoms with E-state index in [-0.39, 0.29) is 19.1 Å². The Labute approximate surface area is 115 Å². The molecule has 0 spiro atoms. The molecule has 0 aliphatic carbocycles. The molecule has 2 rings (SSSR count). The number of hydrogen-bond donors (Lipinski definition) is 2. The van der Waals surface area contributed by atoms with E-state index in [9.17, 15) is 14.9 Å². The smallest absolute Gasteiger partial charge is 0.160 e. The first-order valence-electron chi connectivity index (χ1n) is 6.50. The van der Waals surface area contributed by atoms with Gasteiger partial charge in [-0.1, -0.05) is 10.4 Å². The molecule has 9 nitrogen and oxygen atoms in total. The molecule has 2 N–H and O–H groups in total. The van der Waals surface area contributed by atoms with Gasteiger partial charge in [0, 0.05) is 12.8 Å². The second-order valence-corrected chi connectivity index (χ2v) is 4.98. The summed E-state index contributed by atoms with van der Waals surface area (Å²) in [6.07, 6.45) is -2.72. The quantitative estimate of drug-likeness (QED) is 0.655. The summed E-state index contributed by atoms with van der Waals surface area (Å²) in [5.41, 5.74) is 0.